The average molecular weight is 218 g/mol. The fourth-order valence-corrected chi connectivity index (χ4v) is 1.82. The van der Waals surface area contributed by atoms with Crippen molar-refractivity contribution in [3.63, 3.8) is 0 Å². The molecule has 0 aromatic carbocycles. The quantitative estimate of drug-likeness (QED) is 0.666. The highest BCUT2D eigenvalue weighted by Crippen LogP contribution is 2.27. The number of alkyl halides is 1. The van der Waals surface area contributed by atoms with E-state index in [0.717, 1.165) is 0 Å². The van der Waals surface area contributed by atoms with Crippen LogP contribution in [0, 0.1) is 11.8 Å². The van der Waals surface area contributed by atoms with Crippen molar-refractivity contribution in [3.8, 4) is 0 Å². The third-order valence-electron chi connectivity index (χ3n) is 2.55. The molecule has 0 spiro atoms. The maximum atomic E-state index is 5.97. The molecular formula is C11H20ClNO. The Hall–Kier alpha value is -0.240. The second kappa shape index (κ2) is 4.52. The number of nitrogens with zero attached hydrogens (tertiary/aromatic N) is 1. The van der Waals surface area contributed by atoms with Crippen LogP contribution in [0.4, 0.5) is 0 Å². The Morgan fingerprint density at radius 1 is 1.14 bits per heavy atom. The second-order valence-corrected chi connectivity index (χ2v) is 5.30. The third kappa shape index (κ3) is 2.41. The highest BCUT2D eigenvalue weighted by Gasteiger charge is 2.36. The minimum atomic E-state index is -0.111. The predicted octanol–water partition coefficient (Wildman–Crippen LogP) is 3.09. The zero-order valence-electron chi connectivity index (χ0n) is 9.62. The summed E-state index contributed by atoms with van der Waals surface area (Å²) in [6.45, 7) is 10.6. The van der Waals surface area contributed by atoms with Crippen LogP contribution in [0.1, 0.15) is 34.6 Å². The van der Waals surface area contributed by atoms with Crippen molar-refractivity contribution in [2.24, 2.45) is 16.8 Å². The Morgan fingerprint density at radius 3 is 2.00 bits per heavy atom. The van der Waals surface area contributed by atoms with E-state index >= 15 is 0 Å². The summed E-state index contributed by atoms with van der Waals surface area (Å²) < 4.78 is 5.78. The van der Waals surface area contributed by atoms with Gasteiger partial charge in [0.2, 0.25) is 5.90 Å². The Morgan fingerprint density at radius 2 is 1.71 bits per heavy atom. The lowest BCUT2D eigenvalue weighted by molar-refractivity contribution is 0.122. The molecule has 0 aromatic rings. The van der Waals surface area contributed by atoms with Crippen LogP contribution >= 0.6 is 11.6 Å². The maximum Gasteiger partial charge on any atom is 0.202 e. The van der Waals surface area contributed by atoms with Gasteiger partial charge in [0.15, 0.2) is 0 Å². The van der Waals surface area contributed by atoms with Crippen LogP contribution in [0.3, 0.4) is 0 Å². The van der Waals surface area contributed by atoms with Gasteiger partial charge in [0.1, 0.15) is 11.5 Å². The topological polar surface area (TPSA) is 21.6 Å². The molecule has 3 heteroatoms. The molecule has 0 aliphatic carbocycles. The van der Waals surface area contributed by atoms with Crippen molar-refractivity contribution in [1.29, 1.82) is 0 Å². The molecule has 0 bridgehead atoms. The lowest BCUT2D eigenvalue weighted by Gasteiger charge is -2.23. The molecule has 0 amide bonds. The molecule has 0 fully saturated rings. The number of hydrogen-bond donors (Lipinski definition) is 0. The third-order valence-corrected chi connectivity index (χ3v) is 2.74. The Labute approximate surface area is 91.7 Å². The van der Waals surface area contributed by atoms with E-state index in [1.165, 1.54) is 0 Å². The molecule has 1 rings (SSSR count). The molecule has 1 unspecified atom stereocenters. The van der Waals surface area contributed by atoms with Crippen molar-refractivity contribution < 1.29 is 4.74 Å². The van der Waals surface area contributed by atoms with Gasteiger partial charge in [-0.1, -0.05) is 27.7 Å². The van der Waals surface area contributed by atoms with E-state index in [9.17, 15) is 0 Å². The van der Waals surface area contributed by atoms with Gasteiger partial charge in [-0.05, 0) is 18.8 Å². The first-order valence-corrected chi connectivity index (χ1v) is 5.75. The Kier molecular flexibility index (Phi) is 3.82. The summed E-state index contributed by atoms with van der Waals surface area (Å²) in [4.78, 5) is 4.55. The van der Waals surface area contributed by atoms with Crippen LogP contribution in [-0.2, 0) is 4.74 Å². The van der Waals surface area contributed by atoms with Crippen LogP contribution in [0.5, 0.6) is 0 Å². The lowest BCUT2D eigenvalue weighted by Crippen LogP contribution is -2.32. The van der Waals surface area contributed by atoms with Crippen molar-refractivity contribution in [1.82, 2.24) is 0 Å². The molecule has 3 atom stereocenters. The molecule has 0 radical (unpaired) electrons. The number of ether oxygens (including phenoxy) is 1. The molecule has 0 N–H and O–H groups in total. The molecule has 1 heterocycles. The number of hydrogen-bond acceptors (Lipinski definition) is 2. The minimum Gasteiger partial charge on any atom is -0.474 e. The fourth-order valence-electron chi connectivity index (χ4n) is 1.72. The van der Waals surface area contributed by atoms with Crippen molar-refractivity contribution in [2.45, 2.75) is 52.1 Å². The summed E-state index contributed by atoms with van der Waals surface area (Å²) in [5.74, 6) is 1.71. The smallest absolute Gasteiger partial charge is 0.202 e. The second-order valence-electron chi connectivity index (χ2n) is 4.64. The summed E-state index contributed by atoms with van der Waals surface area (Å²) >= 11 is 5.97. The monoisotopic (exact) mass is 217 g/mol. The molecule has 0 saturated heterocycles. The first-order chi connectivity index (χ1) is 6.43. The SMILES string of the molecule is CC(Cl)C1=N[C@@H](C(C)C)[C@H](C(C)C)O1. The summed E-state index contributed by atoms with van der Waals surface area (Å²) in [5, 5.41) is -0.111. The van der Waals surface area contributed by atoms with E-state index in [4.69, 9.17) is 16.3 Å². The molecule has 2 nitrogen and oxygen atoms in total. The zero-order valence-corrected chi connectivity index (χ0v) is 10.4. The van der Waals surface area contributed by atoms with Gasteiger partial charge >= 0.3 is 0 Å². The number of rotatable bonds is 3. The molecule has 82 valence electrons. The van der Waals surface area contributed by atoms with Crippen molar-refractivity contribution in [3.05, 3.63) is 0 Å². The molecule has 14 heavy (non-hydrogen) atoms. The lowest BCUT2D eigenvalue weighted by atomic mass is 9.92. The van der Waals surface area contributed by atoms with Crippen LogP contribution in [0.15, 0.2) is 4.99 Å². The van der Waals surface area contributed by atoms with Gasteiger partial charge in [-0.3, -0.25) is 0 Å². The highest BCUT2D eigenvalue weighted by molar-refractivity contribution is 6.30. The molecule has 0 saturated carbocycles. The van der Waals surface area contributed by atoms with E-state index < -0.39 is 0 Å². The minimum absolute atomic E-state index is 0.111. The highest BCUT2D eigenvalue weighted by atomic mass is 35.5. The van der Waals surface area contributed by atoms with Crippen molar-refractivity contribution in [2.75, 3.05) is 0 Å². The van der Waals surface area contributed by atoms with Crippen LogP contribution in [0.25, 0.3) is 0 Å². The van der Waals surface area contributed by atoms with Crippen LogP contribution in [-0.4, -0.2) is 23.4 Å². The van der Waals surface area contributed by atoms with Gasteiger partial charge < -0.3 is 4.74 Å². The van der Waals surface area contributed by atoms with Gasteiger partial charge in [-0.15, -0.1) is 11.6 Å². The summed E-state index contributed by atoms with van der Waals surface area (Å²) in [6.07, 6.45) is 0.200. The van der Waals surface area contributed by atoms with Crippen molar-refractivity contribution >= 4 is 17.5 Å². The van der Waals surface area contributed by atoms with E-state index in [0.29, 0.717) is 17.7 Å². The van der Waals surface area contributed by atoms with E-state index in [-0.39, 0.29) is 17.5 Å². The summed E-state index contributed by atoms with van der Waals surface area (Å²) in [7, 11) is 0. The number of halogens is 1. The van der Waals surface area contributed by atoms with Gasteiger partial charge in [0.05, 0.1) is 6.04 Å². The average Bonchev–Trinajstić information content (AvgIpc) is 2.47. The zero-order chi connectivity index (χ0) is 10.9. The van der Waals surface area contributed by atoms with Gasteiger partial charge in [-0.25, -0.2) is 4.99 Å². The molecule has 0 aromatic heterocycles. The molecular weight excluding hydrogens is 198 g/mol. The Bertz CT molecular complexity index is 223. The summed E-state index contributed by atoms with van der Waals surface area (Å²) in [5.41, 5.74) is 0. The number of aliphatic imine (C=N–C) groups is 1. The molecule has 1 aliphatic heterocycles. The first-order valence-electron chi connectivity index (χ1n) is 5.32. The standard InChI is InChI=1S/C11H20ClNO/c1-6(2)9-10(7(3)4)14-11(13-9)8(5)12/h6-10H,1-5H3/t8?,9-,10-/m0/s1. The van der Waals surface area contributed by atoms with E-state index in [1.54, 1.807) is 0 Å². The fraction of sp³-hybridized carbons (Fsp3) is 0.909. The van der Waals surface area contributed by atoms with Gasteiger partial charge in [0, 0.05) is 0 Å². The largest absolute Gasteiger partial charge is 0.474 e. The maximum absolute atomic E-state index is 5.97. The van der Waals surface area contributed by atoms with Crippen LogP contribution < -0.4 is 0 Å². The Balaban J connectivity index is 2.76. The predicted molar refractivity (Wildman–Crippen MR) is 61.1 cm³/mol. The normalized spacial score (nSPS) is 29.3. The van der Waals surface area contributed by atoms with E-state index in [1.807, 2.05) is 6.92 Å². The van der Waals surface area contributed by atoms with E-state index in [2.05, 4.69) is 32.7 Å². The first kappa shape index (κ1) is 11.8. The van der Waals surface area contributed by atoms with Gasteiger partial charge in [-0.2, -0.15) is 0 Å². The summed E-state index contributed by atoms with van der Waals surface area (Å²) in [6, 6.07) is 0.270. The van der Waals surface area contributed by atoms with Gasteiger partial charge in [0.25, 0.3) is 0 Å². The van der Waals surface area contributed by atoms with Crippen LogP contribution in [0.2, 0.25) is 0 Å². The molecule has 1 aliphatic rings.